The highest BCUT2D eigenvalue weighted by Gasteiger charge is 2.65. The summed E-state index contributed by atoms with van der Waals surface area (Å²) in [6.07, 6.45) is 5.88. The molecule has 2 saturated heterocycles. The Morgan fingerprint density at radius 1 is 1.12 bits per heavy atom. The van der Waals surface area contributed by atoms with Crippen molar-refractivity contribution in [2.45, 2.75) is 76.5 Å². The van der Waals surface area contributed by atoms with Crippen LogP contribution in [0.2, 0.25) is 0 Å². The molecular weight excluding hydrogens is 372 g/mol. The summed E-state index contributed by atoms with van der Waals surface area (Å²) in [5, 5.41) is 0.883. The van der Waals surface area contributed by atoms with E-state index >= 15 is 0 Å². The van der Waals surface area contributed by atoms with Crippen molar-refractivity contribution < 1.29 is 18.9 Å². The fourth-order valence-corrected chi connectivity index (χ4v) is 6.31. The van der Waals surface area contributed by atoms with Crippen LogP contribution in [-0.2, 0) is 18.9 Å². The predicted molar refractivity (Wildman–Crippen MR) is 95.0 cm³/mol. The lowest BCUT2D eigenvalue weighted by atomic mass is 9.53. The lowest BCUT2D eigenvalue weighted by molar-refractivity contribution is -0.259. The molecule has 2 aliphatic carbocycles. The Morgan fingerprint density at radius 2 is 1.96 bits per heavy atom. The summed E-state index contributed by atoms with van der Waals surface area (Å²) >= 11 is 3.49. The molecule has 2 aliphatic heterocycles. The topological polar surface area (TPSA) is 36.9 Å². The molecular formula is C19H31BrO4. The largest absolute Gasteiger partial charge is 0.377 e. The van der Waals surface area contributed by atoms with Crippen molar-refractivity contribution in [2.24, 2.45) is 23.7 Å². The van der Waals surface area contributed by atoms with Gasteiger partial charge in [0.1, 0.15) is 5.60 Å². The number of hydrogen-bond donors (Lipinski definition) is 0. The Hall–Kier alpha value is 0.320. The van der Waals surface area contributed by atoms with Gasteiger partial charge in [-0.15, -0.1) is 0 Å². The van der Waals surface area contributed by atoms with Gasteiger partial charge in [-0.1, -0.05) is 29.8 Å². The first kappa shape index (κ1) is 17.7. The molecule has 0 aromatic carbocycles. The monoisotopic (exact) mass is 402 g/mol. The maximum Gasteiger partial charge on any atom is 0.168 e. The fourth-order valence-electron chi connectivity index (χ4n) is 6.12. The van der Waals surface area contributed by atoms with E-state index in [0.29, 0.717) is 30.5 Å². The minimum Gasteiger partial charge on any atom is -0.377 e. The first-order valence-corrected chi connectivity index (χ1v) is 10.8. The van der Waals surface area contributed by atoms with E-state index in [-0.39, 0.29) is 17.8 Å². The maximum absolute atomic E-state index is 6.62. The van der Waals surface area contributed by atoms with Crippen molar-refractivity contribution >= 4 is 15.9 Å². The van der Waals surface area contributed by atoms with Crippen LogP contribution in [0.15, 0.2) is 0 Å². The summed E-state index contributed by atoms with van der Waals surface area (Å²) in [5.41, 5.74) is -0.181. The molecule has 1 spiro atoms. The van der Waals surface area contributed by atoms with Gasteiger partial charge >= 0.3 is 0 Å². The molecule has 0 N–H and O–H groups in total. The summed E-state index contributed by atoms with van der Waals surface area (Å²) in [4.78, 5) is 0. The van der Waals surface area contributed by atoms with Gasteiger partial charge in [0.2, 0.25) is 0 Å². The fraction of sp³-hybridized carbons (Fsp3) is 1.00. The highest BCUT2D eigenvalue weighted by Crippen LogP contribution is 2.59. The van der Waals surface area contributed by atoms with E-state index in [9.17, 15) is 0 Å². The predicted octanol–water partition coefficient (Wildman–Crippen LogP) is 4.11. The maximum atomic E-state index is 6.62. The average Bonchev–Trinajstić information content (AvgIpc) is 2.75. The molecule has 4 aliphatic rings. The SMILES string of the molecule is CC1CCC2C(C)C(OCCBr)CC3OC4(C)CCC1[C@]32OCO4. The molecule has 7 unspecified atom stereocenters. The number of rotatable bonds is 3. The molecule has 2 bridgehead atoms. The van der Waals surface area contributed by atoms with Gasteiger partial charge in [0.05, 0.1) is 18.8 Å². The third-order valence-electron chi connectivity index (χ3n) is 7.33. The van der Waals surface area contributed by atoms with Crippen LogP contribution < -0.4 is 0 Å². The van der Waals surface area contributed by atoms with Gasteiger partial charge in [-0.2, -0.15) is 0 Å². The van der Waals surface area contributed by atoms with Gasteiger partial charge in [0, 0.05) is 18.2 Å². The van der Waals surface area contributed by atoms with E-state index in [1.165, 1.54) is 12.8 Å². The second-order valence-corrected chi connectivity index (χ2v) is 9.29. The number of halogens is 1. The molecule has 24 heavy (non-hydrogen) atoms. The van der Waals surface area contributed by atoms with Gasteiger partial charge in [-0.3, -0.25) is 0 Å². The third kappa shape index (κ3) is 2.61. The normalized spacial score (nSPS) is 54.0. The van der Waals surface area contributed by atoms with Crippen LogP contribution >= 0.6 is 15.9 Å². The van der Waals surface area contributed by atoms with Crippen LogP contribution in [0.25, 0.3) is 0 Å². The molecule has 4 nitrogen and oxygen atoms in total. The van der Waals surface area contributed by atoms with Crippen molar-refractivity contribution in [1.82, 2.24) is 0 Å². The second kappa shape index (κ2) is 6.49. The highest BCUT2D eigenvalue weighted by atomic mass is 79.9. The Morgan fingerprint density at radius 3 is 2.75 bits per heavy atom. The molecule has 2 heterocycles. The average molecular weight is 403 g/mol. The lowest BCUT2D eigenvalue weighted by Gasteiger charge is -2.59. The van der Waals surface area contributed by atoms with Crippen LogP contribution in [0.4, 0.5) is 0 Å². The zero-order valence-electron chi connectivity index (χ0n) is 15.1. The van der Waals surface area contributed by atoms with Gasteiger partial charge in [0.25, 0.3) is 0 Å². The van der Waals surface area contributed by atoms with E-state index in [1.807, 2.05) is 0 Å². The molecule has 4 fully saturated rings. The molecule has 5 heteroatoms. The van der Waals surface area contributed by atoms with E-state index in [1.54, 1.807) is 0 Å². The zero-order valence-corrected chi connectivity index (χ0v) is 16.7. The Labute approximate surface area is 154 Å². The third-order valence-corrected chi connectivity index (χ3v) is 7.66. The van der Waals surface area contributed by atoms with Crippen molar-refractivity contribution in [2.75, 3.05) is 18.7 Å². The first-order chi connectivity index (χ1) is 11.5. The van der Waals surface area contributed by atoms with Crippen molar-refractivity contribution in [3.8, 4) is 0 Å². The van der Waals surface area contributed by atoms with Gasteiger partial charge in [0.15, 0.2) is 12.6 Å². The lowest BCUT2D eigenvalue weighted by Crippen LogP contribution is -2.66. The first-order valence-electron chi connectivity index (χ1n) is 9.63. The Balaban J connectivity index is 1.73. The van der Waals surface area contributed by atoms with E-state index in [0.717, 1.165) is 31.2 Å². The van der Waals surface area contributed by atoms with Gasteiger partial charge < -0.3 is 18.9 Å². The van der Waals surface area contributed by atoms with Crippen LogP contribution in [0.3, 0.4) is 0 Å². The standard InChI is InChI=1S/C19H31BrO4/c1-12-4-5-15-13(2)16(21-9-8-20)10-17-19(15)14(12)6-7-18(3,24-17)22-11-23-19/h12-17H,4-11H2,1-3H3/t12?,13?,14?,15?,16?,17?,18?,19-/m1/s1. The van der Waals surface area contributed by atoms with Gasteiger partial charge in [-0.25, -0.2) is 0 Å². The summed E-state index contributed by atoms with van der Waals surface area (Å²) in [7, 11) is 0. The minimum atomic E-state index is -0.504. The number of hydrogen-bond acceptors (Lipinski definition) is 4. The van der Waals surface area contributed by atoms with Crippen molar-refractivity contribution in [3.63, 3.8) is 0 Å². The molecule has 0 aromatic heterocycles. The highest BCUT2D eigenvalue weighted by molar-refractivity contribution is 9.09. The van der Waals surface area contributed by atoms with E-state index < -0.39 is 5.79 Å². The Bertz CT molecular complexity index is 474. The molecule has 2 saturated carbocycles. The van der Waals surface area contributed by atoms with E-state index in [4.69, 9.17) is 18.9 Å². The van der Waals surface area contributed by atoms with E-state index in [2.05, 4.69) is 36.7 Å². The van der Waals surface area contributed by atoms with Crippen LogP contribution in [0.5, 0.6) is 0 Å². The quantitative estimate of drug-likeness (QED) is 0.665. The second-order valence-electron chi connectivity index (χ2n) is 8.50. The smallest absolute Gasteiger partial charge is 0.168 e. The molecule has 0 aromatic rings. The summed E-state index contributed by atoms with van der Waals surface area (Å²) in [6.45, 7) is 7.99. The van der Waals surface area contributed by atoms with Gasteiger partial charge in [-0.05, 0) is 49.9 Å². The summed E-state index contributed by atoms with van der Waals surface area (Å²) < 4.78 is 25.4. The molecule has 0 amide bonds. The van der Waals surface area contributed by atoms with Crippen molar-refractivity contribution in [1.29, 1.82) is 0 Å². The van der Waals surface area contributed by atoms with Crippen molar-refractivity contribution in [3.05, 3.63) is 0 Å². The number of alkyl halides is 1. The number of fused-ring (bicyclic) bond motifs is 1. The summed E-state index contributed by atoms with van der Waals surface area (Å²) in [5.74, 6) is 1.77. The van der Waals surface area contributed by atoms with Crippen LogP contribution in [0, 0.1) is 23.7 Å². The summed E-state index contributed by atoms with van der Waals surface area (Å²) in [6, 6.07) is 0. The molecule has 4 rings (SSSR count). The molecule has 138 valence electrons. The molecule has 8 atom stereocenters. The zero-order chi connectivity index (χ0) is 16.9. The Kier molecular flexibility index (Phi) is 4.79. The minimum absolute atomic E-state index is 0.0850. The van der Waals surface area contributed by atoms with Crippen LogP contribution in [-0.4, -0.2) is 42.3 Å². The number of ether oxygens (including phenoxy) is 4. The molecule has 0 radical (unpaired) electrons. The van der Waals surface area contributed by atoms with Crippen LogP contribution in [0.1, 0.15) is 52.9 Å².